The number of aromatic nitrogens is 3. The smallest absolute Gasteiger partial charge is 0.269 e. The van der Waals surface area contributed by atoms with Crippen LogP contribution >= 0.6 is 0 Å². The Balaban J connectivity index is 1.94. The number of rotatable bonds is 3. The van der Waals surface area contributed by atoms with Crippen molar-refractivity contribution in [3.8, 4) is 0 Å². The Hall–Kier alpha value is -2.37. The van der Waals surface area contributed by atoms with Gasteiger partial charge in [0.2, 0.25) is 0 Å². The van der Waals surface area contributed by atoms with Gasteiger partial charge in [-0.1, -0.05) is 6.07 Å². The molecule has 0 bridgehead atoms. The predicted molar refractivity (Wildman–Crippen MR) is 58.4 cm³/mol. The van der Waals surface area contributed by atoms with Crippen molar-refractivity contribution in [2.45, 2.75) is 6.54 Å². The van der Waals surface area contributed by atoms with E-state index in [9.17, 15) is 4.79 Å². The van der Waals surface area contributed by atoms with Crippen molar-refractivity contribution in [3.63, 3.8) is 0 Å². The van der Waals surface area contributed by atoms with Crippen molar-refractivity contribution < 1.29 is 4.79 Å². The molecule has 6 nitrogen and oxygen atoms in total. The van der Waals surface area contributed by atoms with Gasteiger partial charge in [-0.05, 0) is 11.6 Å². The standard InChI is InChI=1S/C10H11N5O/c11-9-4-8(14-15-9)10(16)13-6-7-2-1-3-12-5-7/h1-5H,6H2,(H,13,16)(H3,11,14,15). The van der Waals surface area contributed by atoms with Crippen LogP contribution in [0.15, 0.2) is 30.6 Å². The Morgan fingerprint density at radius 2 is 2.44 bits per heavy atom. The Kier molecular flexibility index (Phi) is 2.81. The molecule has 2 aromatic rings. The zero-order chi connectivity index (χ0) is 11.4. The number of carbonyl (C=O) groups excluding carboxylic acids is 1. The zero-order valence-electron chi connectivity index (χ0n) is 8.47. The van der Waals surface area contributed by atoms with E-state index in [-0.39, 0.29) is 5.91 Å². The molecule has 2 heterocycles. The zero-order valence-corrected chi connectivity index (χ0v) is 8.47. The Bertz CT molecular complexity index is 479. The molecule has 0 aromatic carbocycles. The third kappa shape index (κ3) is 2.35. The van der Waals surface area contributed by atoms with Crippen LogP contribution in [0.25, 0.3) is 0 Å². The van der Waals surface area contributed by atoms with E-state index in [1.54, 1.807) is 12.4 Å². The normalized spacial score (nSPS) is 10.0. The van der Waals surface area contributed by atoms with Crippen molar-refractivity contribution in [1.29, 1.82) is 0 Å². The number of carbonyl (C=O) groups is 1. The summed E-state index contributed by atoms with van der Waals surface area (Å²) < 4.78 is 0. The van der Waals surface area contributed by atoms with E-state index < -0.39 is 0 Å². The van der Waals surface area contributed by atoms with Crippen LogP contribution in [-0.2, 0) is 6.54 Å². The molecule has 16 heavy (non-hydrogen) atoms. The minimum Gasteiger partial charge on any atom is -0.382 e. The molecule has 0 fully saturated rings. The van der Waals surface area contributed by atoms with Gasteiger partial charge in [0.15, 0.2) is 0 Å². The van der Waals surface area contributed by atoms with E-state index in [1.165, 1.54) is 6.07 Å². The summed E-state index contributed by atoms with van der Waals surface area (Å²) in [6.45, 7) is 0.422. The maximum atomic E-state index is 11.6. The van der Waals surface area contributed by atoms with Crippen molar-refractivity contribution in [1.82, 2.24) is 20.5 Å². The Morgan fingerprint density at radius 1 is 1.56 bits per heavy atom. The fraction of sp³-hybridized carbons (Fsp3) is 0.100. The maximum Gasteiger partial charge on any atom is 0.269 e. The first-order chi connectivity index (χ1) is 7.75. The molecule has 0 aliphatic carbocycles. The molecule has 0 unspecified atom stereocenters. The van der Waals surface area contributed by atoms with Gasteiger partial charge in [-0.2, -0.15) is 5.10 Å². The SMILES string of the molecule is Nc1cc(C(=O)NCc2cccnc2)[nH]n1. The van der Waals surface area contributed by atoms with Crippen molar-refractivity contribution in [2.24, 2.45) is 0 Å². The summed E-state index contributed by atoms with van der Waals surface area (Å²) in [4.78, 5) is 15.5. The van der Waals surface area contributed by atoms with Crippen LogP contribution in [0.4, 0.5) is 5.82 Å². The van der Waals surface area contributed by atoms with E-state index in [0.717, 1.165) is 5.56 Å². The topological polar surface area (TPSA) is 96.7 Å². The minimum absolute atomic E-state index is 0.243. The molecule has 0 aliphatic heterocycles. The second kappa shape index (κ2) is 4.43. The number of pyridine rings is 1. The van der Waals surface area contributed by atoms with Gasteiger partial charge in [-0.15, -0.1) is 0 Å². The summed E-state index contributed by atoms with van der Waals surface area (Å²) in [5.74, 6) is 0.0552. The summed E-state index contributed by atoms with van der Waals surface area (Å²) in [6.07, 6.45) is 3.38. The average Bonchev–Trinajstić information content (AvgIpc) is 2.74. The highest BCUT2D eigenvalue weighted by Crippen LogP contribution is 2.01. The highest BCUT2D eigenvalue weighted by molar-refractivity contribution is 5.92. The summed E-state index contributed by atoms with van der Waals surface area (Å²) in [6, 6.07) is 5.18. The number of nitrogens with two attached hydrogens (primary N) is 1. The average molecular weight is 217 g/mol. The Morgan fingerprint density at radius 3 is 3.06 bits per heavy atom. The molecular weight excluding hydrogens is 206 g/mol. The molecule has 0 aliphatic rings. The van der Waals surface area contributed by atoms with Gasteiger partial charge in [-0.3, -0.25) is 14.9 Å². The lowest BCUT2D eigenvalue weighted by Gasteiger charge is -2.02. The van der Waals surface area contributed by atoms with E-state index in [0.29, 0.717) is 18.1 Å². The molecule has 2 rings (SSSR count). The lowest BCUT2D eigenvalue weighted by atomic mass is 10.3. The highest BCUT2D eigenvalue weighted by atomic mass is 16.1. The molecule has 1 amide bonds. The summed E-state index contributed by atoms with van der Waals surface area (Å²) in [5.41, 5.74) is 6.67. The van der Waals surface area contributed by atoms with Gasteiger partial charge in [-0.25, -0.2) is 0 Å². The van der Waals surface area contributed by atoms with Gasteiger partial charge in [0.1, 0.15) is 11.5 Å². The molecule has 4 N–H and O–H groups in total. The van der Waals surface area contributed by atoms with Gasteiger partial charge in [0.05, 0.1) is 0 Å². The van der Waals surface area contributed by atoms with Crippen LogP contribution in [0, 0.1) is 0 Å². The summed E-state index contributed by atoms with van der Waals surface area (Å²) >= 11 is 0. The maximum absolute atomic E-state index is 11.6. The third-order valence-electron chi connectivity index (χ3n) is 2.02. The van der Waals surface area contributed by atoms with Crippen LogP contribution in [0.1, 0.15) is 16.1 Å². The van der Waals surface area contributed by atoms with Crippen LogP contribution in [0.3, 0.4) is 0 Å². The van der Waals surface area contributed by atoms with Crippen molar-refractivity contribution in [3.05, 3.63) is 41.9 Å². The number of hydrogen-bond acceptors (Lipinski definition) is 4. The number of anilines is 1. The molecule has 6 heteroatoms. The van der Waals surface area contributed by atoms with Gasteiger partial charge in [0, 0.05) is 25.0 Å². The fourth-order valence-corrected chi connectivity index (χ4v) is 1.23. The molecule has 0 saturated carbocycles. The van der Waals surface area contributed by atoms with Crippen molar-refractivity contribution >= 4 is 11.7 Å². The van der Waals surface area contributed by atoms with Gasteiger partial charge in [0.25, 0.3) is 5.91 Å². The minimum atomic E-state index is -0.243. The van der Waals surface area contributed by atoms with E-state index in [1.807, 2.05) is 12.1 Å². The summed E-state index contributed by atoms with van der Waals surface area (Å²) in [5, 5.41) is 8.93. The molecule has 2 aromatic heterocycles. The van der Waals surface area contributed by atoms with E-state index in [2.05, 4.69) is 20.5 Å². The monoisotopic (exact) mass is 217 g/mol. The first-order valence-electron chi connectivity index (χ1n) is 4.73. The third-order valence-corrected chi connectivity index (χ3v) is 2.02. The number of nitrogens with zero attached hydrogens (tertiary/aromatic N) is 2. The second-order valence-corrected chi connectivity index (χ2v) is 3.25. The summed E-state index contributed by atoms with van der Waals surface area (Å²) in [7, 11) is 0. The second-order valence-electron chi connectivity index (χ2n) is 3.25. The molecule has 0 atom stereocenters. The van der Waals surface area contributed by atoms with E-state index in [4.69, 9.17) is 5.73 Å². The number of amides is 1. The number of H-pyrrole nitrogens is 1. The molecule has 82 valence electrons. The lowest BCUT2D eigenvalue weighted by molar-refractivity contribution is 0.0946. The fourth-order valence-electron chi connectivity index (χ4n) is 1.23. The molecular formula is C10H11N5O. The largest absolute Gasteiger partial charge is 0.382 e. The Labute approximate surface area is 91.9 Å². The van der Waals surface area contributed by atoms with Crippen LogP contribution in [-0.4, -0.2) is 21.1 Å². The molecule has 0 saturated heterocycles. The number of nitrogen functional groups attached to an aromatic ring is 1. The van der Waals surface area contributed by atoms with Crippen molar-refractivity contribution in [2.75, 3.05) is 5.73 Å². The first-order valence-corrected chi connectivity index (χ1v) is 4.73. The number of nitrogens with one attached hydrogen (secondary N) is 2. The number of aromatic amines is 1. The number of hydrogen-bond donors (Lipinski definition) is 3. The molecule has 0 radical (unpaired) electrons. The van der Waals surface area contributed by atoms with Gasteiger partial charge >= 0.3 is 0 Å². The van der Waals surface area contributed by atoms with E-state index >= 15 is 0 Å². The van der Waals surface area contributed by atoms with Crippen LogP contribution in [0.5, 0.6) is 0 Å². The first kappa shape index (κ1) is 10.2. The molecule has 0 spiro atoms. The van der Waals surface area contributed by atoms with Crippen LogP contribution in [0.2, 0.25) is 0 Å². The quantitative estimate of drug-likeness (QED) is 0.689. The van der Waals surface area contributed by atoms with Crippen LogP contribution < -0.4 is 11.1 Å². The highest BCUT2D eigenvalue weighted by Gasteiger charge is 2.07. The predicted octanol–water partition coefficient (Wildman–Crippen LogP) is 0.317. The van der Waals surface area contributed by atoms with Gasteiger partial charge < -0.3 is 11.1 Å². The lowest BCUT2D eigenvalue weighted by Crippen LogP contribution is -2.23.